The third-order valence-corrected chi connectivity index (χ3v) is 8.16. The molecule has 0 aromatic heterocycles. The van der Waals surface area contributed by atoms with Crippen molar-refractivity contribution < 1.29 is 14.7 Å². The molecule has 3 unspecified atom stereocenters. The number of aliphatic hydroxyl groups excluding tert-OH is 1. The van der Waals surface area contributed by atoms with Crippen LogP contribution in [0, 0.1) is 5.41 Å². The van der Waals surface area contributed by atoms with Gasteiger partial charge in [0, 0.05) is 18.5 Å². The molecule has 1 saturated carbocycles. The fraction of sp³-hybridized carbons (Fsp3) is 0.720. The van der Waals surface area contributed by atoms with Gasteiger partial charge < -0.3 is 10.4 Å². The SMILES string of the molecule is CCC1NC(c2ccc3c(c2)CC[C@H]3NC(=O)C2N(CCO)NCC23CCCCCC3)NO1. The lowest BCUT2D eigenvalue weighted by atomic mass is 9.74. The van der Waals surface area contributed by atoms with Gasteiger partial charge in [0.1, 0.15) is 18.4 Å². The normalized spacial score (nSPS) is 31.6. The maximum absolute atomic E-state index is 13.7. The van der Waals surface area contributed by atoms with Gasteiger partial charge >= 0.3 is 0 Å². The molecular formula is C25H39N5O3. The first-order chi connectivity index (χ1) is 16.1. The topological polar surface area (TPSA) is 97.9 Å². The highest BCUT2D eigenvalue weighted by Gasteiger charge is 2.51. The Balaban J connectivity index is 1.30. The molecule has 0 radical (unpaired) electrons. The Morgan fingerprint density at radius 3 is 2.82 bits per heavy atom. The molecule has 4 atom stereocenters. The largest absolute Gasteiger partial charge is 0.395 e. The Hall–Kier alpha value is -1.55. The molecule has 1 aromatic rings. The number of nitrogens with one attached hydrogen (secondary N) is 4. The number of carbonyl (C=O) groups excluding carboxylic acids is 1. The molecule has 1 amide bonds. The highest BCUT2D eigenvalue weighted by molar-refractivity contribution is 5.83. The predicted octanol–water partition coefficient (Wildman–Crippen LogP) is 2.17. The van der Waals surface area contributed by atoms with Crippen molar-refractivity contribution in [2.45, 2.75) is 89.2 Å². The average Bonchev–Trinajstić information content (AvgIpc) is 3.49. The summed E-state index contributed by atoms with van der Waals surface area (Å²) in [6.45, 7) is 3.46. The molecule has 5 N–H and O–H groups in total. The van der Waals surface area contributed by atoms with E-state index in [2.05, 4.69) is 46.7 Å². The second kappa shape index (κ2) is 9.98. The van der Waals surface area contributed by atoms with Gasteiger partial charge in [0.25, 0.3) is 0 Å². The van der Waals surface area contributed by atoms with E-state index in [1.165, 1.54) is 42.4 Å². The molecule has 182 valence electrons. The number of hydrogen-bond donors (Lipinski definition) is 5. The Labute approximate surface area is 196 Å². The highest BCUT2D eigenvalue weighted by atomic mass is 16.7. The van der Waals surface area contributed by atoms with Crippen LogP contribution >= 0.6 is 0 Å². The lowest BCUT2D eigenvalue weighted by Gasteiger charge is -2.36. The monoisotopic (exact) mass is 457 g/mol. The first kappa shape index (κ1) is 23.2. The van der Waals surface area contributed by atoms with Crippen LogP contribution in [0.15, 0.2) is 18.2 Å². The number of amides is 1. The second-order valence-corrected chi connectivity index (χ2v) is 10.2. The zero-order valence-electron chi connectivity index (χ0n) is 19.7. The van der Waals surface area contributed by atoms with Gasteiger partial charge in [-0.25, -0.2) is 5.01 Å². The summed E-state index contributed by atoms with van der Waals surface area (Å²) in [6.07, 6.45) is 9.86. The fourth-order valence-electron chi connectivity index (χ4n) is 6.38. The minimum absolute atomic E-state index is 0.000545. The molecule has 2 aliphatic heterocycles. The van der Waals surface area contributed by atoms with Gasteiger partial charge in [-0.2, -0.15) is 5.48 Å². The zero-order chi connectivity index (χ0) is 22.8. The minimum atomic E-state index is -0.221. The Kier molecular flexibility index (Phi) is 7.02. The van der Waals surface area contributed by atoms with E-state index in [4.69, 9.17) is 4.84 Å². The number of fused-ring (bicyclic) bond motifs is 1. The molecule has 0 bridgehead atoms. The maximum atomic E-state index is 13.7. The van der Waals surface area contributed by atoms with Gasteiger partial charge in [-0.1, -0.05) is 50.8 Å². The molecule has 5 rings (SSSR count). The van der Waals surface area contributed by atoms with E-state index in [0.29, 0.717) is 6.54 Å². The third kappa shape index (κ3) is 4.57. The first-order valence-electron chi connectivity index (χ1n) is 12.8. The van der Waals surface area contributed by atoms with Gasteiger partial charge in [0.15, 0.2) is 0 Å². The molecule has 2 heterocycles. The number of nitrogens with zero attached hydrogens (tertiary/aromatic N) is 1. The summed E-state index contributed by atoms with van der Waals surface area (Å²) in [5, 5.41) is 18.5. The van der Waals surface area contributed by atoms with Crippen molar-refractivity contribution in [2.24, 2.45) is 5.41 Å². The molecule has 1 spiro atoms. The second-order valence-electron chi connectivity index (χ2n) is 10.2. The van der Waals surface area contributed by atoms with Crippen molar-refractivity contribution in [3.63, 3.8) is 0 Å². The Bertz CT molecular complexity index is 841. The fourth-order valence-corrected chi connectivity index (χ4v) is 6.38. The van der Waals surface area contributed by atoms with E-state index >= 15 is 0 Å². The summed E-state index contributed by atoms with van der Waals surface area (Å²) >= 11 is 0. The molecule has 33 heavy (non-hydrogen) atoms. The lowest BCUT2D eigenvalue weighted by Crippen LogP contribution is -2.53. The average molecular weight is 458 g/mol. The van der Waals surface area contributed by atoms with E-state index < -0.39 is 0 Å². The van der Waals surface area contributed by atoms with Crippen LogP contribution in [0.25, 0.3) is 0 Å². The number of β-amino-alcohol motifs (C(OH)–C–C–N with tert-alkyl or cyclic N) is 1. The summed E-state index contributed by atoms with van der Waals surface area (Å²) in [7, 11) is 0. The van der Waals surface area contributed by atoms with Crippen LogP contribution in [-0.2, 0) is 16.1 Å². The number of benzene rings is 1. The van der Waals surface area contributed by atoms with Gasteiger partial charge in [-0.3, -0.25) is 20.4 Å². The molecule has 8 nitrogen and oxygen atoms in total. The molecule has 8 heteroatoms. The molecular weight excluding hydrogens is 418 g/mol. The van der Waals surface area contributed by atoms with Crippen molar-refractivity contribution in [3.8, 4) is 0 Å². The number of hydrazine groups is 1. The number of rotatable bonds is 6. The van der Waals surface area contributed by atoms with Crippen molar-refractivity contribution in [1.82, 2.24) is 26.5 Å². The summed E-state index contributed by atoms with van der Waals surface area (Å²) in [6, 6.07) is 6.38. The smallest absolute Gasteiger partial charge is 0.239 e. The zero-order valence-corrected chi connectivity index (χ0v) is 19.7. The number of carbonyl (C=O) groups is 1. The molecule has 1 aromatic carbocycles. The van der Waals surface area contributed by atoms with Crippen LogP contribution in [0.4, 0.5) is 0 Å². The van der Waals surface area contributed by atoms with E-state index in [9.17, 15) is 9.90 Å². The number of aryl methyl sites for hydroxylation is 1. The van der Waals surface area contributed by atoms with Gasteiger partial charge in [0.05, 0.1) is 12.6 Å². The predicted molar refractivity (Wildman–Crippen MR) is 126 cm³/mol. The van der Waals surface area contributed by atoms with Crippen molar-refractivity contribution in [2.75, 3.05) is 19.7 Å². The Morgan fingerprint density at radius 2 is 2.09 bits per heavy atom. The Morgan fingerprint density at radius 1 is 1.27 bits per heavy atom. The molecule has 4 aliphatic rings. The quantitative estimate of drug-likeness (QED) is 0.447. The van der Waals surface area contributed by atoms with Crippen LogP contribution < -0.4 is 21.5 Å². The summed E-state index contributed by atoms with van der Waals surface area (Å²) in [5.74, 6) is 0.107. The standard InChI is InChI=1S/C25H39N5O3/c1-2-21-28-23(29-33-21)18-7-9-19-17(15-18)8-10-20(19)27-24(32)22-25(11-5-3-4-6-12-25)16-26-30(22)13-14-31/h7,9,15,20-23,26,28-29,31H,2-6,8,10-14,16H2,1H3,(H,27,32)/t20-,21?,22?,23?/m1/s1. The van der Waals surface area contributed by atoms with E-state index in [-0.39, 0.29) is 42.4 Å². The van der Waals surface area contributed by atoms with Crippen molar-refractivity contribution >= 4 is 5.91 Å². The summed E-state index contributed by atoms with van der Waals surface area (Å²) in [4.78, 5) is 19.3. The van der Waals surface area contributed by atoms with Crippen molar-refractivity contribution in [1.29, 1.82) is 0 Å². The van der Waals surface area contributed by atoms with Crippen LogP contribution in [0.1, 0.15) is 87.2 Å². The maximum Gasteiger partial charge on any atom is 0.239 e. The molecule has 2 saturated heterocycles. The van der Waals surface area contributed by atoms with E-state index in [1.54, 1.807) is 0 Å². The van der Waals surface area contributed by atoms with Gasteiger partial charge in [-0.05, 0) is 48.8 Å². The van der Waals surface area contributed by atoms with Crippen molar-refractivity contribution in [3.05, 3.63) is 34.9 Å². The van der Waals surface area contributed by atoms with E-state index in [0.717, 1.165) is 38.6 Å². The number of hydroxylamine groups is 1. The third-order valence-electron chi connectivity index (χ3n) is 8.16. The van der Waals surface area contributed by atoms with Crippen LogP contribution in [-0.4, -0.2) is 48.0 Å². The van der Waals surface area contributed by atoms with Gasteiger partial charge in [-0.15, -0.1) is 0 Å². The summed E-state index contributed by atoms with van der Waals surface area (Å²) in [5.41, 5.74) is 10.2. The molecule has 2 aliphatic carbocycles. The van der Waals surface area contributed by atoms with Crippen LogP contribution in [0.5, 0.6) is 0 Å². The minimum Gasteiger partial charge on any atom is -0.395 e. The lowest BCUT2D eigenvalue weighted by molar-refractivity contribution is -0.130. The highest BCUT2D eigenvalue weighted by Crippen LogP contribution is 2.43. The summed E-state index contributed by atoms with van der Waals surface area (Å²) < 4.78 is 0. The van der Waals surface area contributed by atoms with Crippen LogP contribution in [0.3, 0.4) is 0 Å². The first-order valence-corrected chi connectivity index (χ1v) is 12.8. The number of hydrogen-bond acceptors (Lipinski definition) is 7. The van der Waals surface area contributed by atoms with E-state index in [1.807, 2.05) is 5.01 Å². The molecule has 3 fully saturated rings. The number of aliphatic hydroxyl groups is 1. The van der Waals surface area contributed by atoms with Crippen LogP contribution in [0.2, 0.25) is 0 Å². The van der Waals surface area contributed by atoms with Gasteiger partial charge in [0.2, 0.25) is 5.91 Å².